The minimum absolute atomic E-state index is 0.230. The van der Waals surface area contributed by atoms with E-state index in [2.05, 4.69) is 9.97 Å². The Bertz CT molecular complexity index is 871. The van der Waals surface area contributed by atoms with Crippen LogP contribution in [0.3, 0.4) is 0 Å². The van der Waals surface area contributed by atoms with Crippen LogP contribution in [0.1, 0.15) is 30.2 Å². The molecule has 118 valence electrons. The third kappa shape index (κ3) is 3.65. The second-order valence-corrected chi connectivity index (χ2v) is 6.21. The number of hydrogen-bond donors (Lipinski definition) is 1. The Morgan fingerprint density at radius 3 is 2.91 bits per heavy atom. The number of aryl methyl sites for hydroxylation is 1. The molecule has 0 aliphatic heterocycles. The molecule has 0 aliphatic rings. The molecule has 0 bridgehead atoms. The smallest absolute Gasteiger partial charge is 0.306 e. The van der Waals surface area contributed by atoms with Crippen LogP contribution in [0.25, 0.3) is 10.9 Å². The second-order valence-electron chi connectivity index (χ2n) is 5.18. The molecular formula is C17H16N2O3S. The van der Waals surface area contributed by atoms with Gasteiger partial charge in [0.2, 0.25) is 0 Å². The number of fused-ring (bicyclic) bond motifs is 1. The first kappa shape index (κ1) is 15.4. The molecule has 0 amide bonds. The van der Waals surface area contributed by atoms with E-state index in [1.165, 1.54) is 0 Å². The zero-order chi connectivity index (χ0) is 16.2. The number of aromatic amines is 1. The first-order chi connectivity index (χ1) is 11.1. The van der Waals surface area contributed by atoms with E-state index >= 15 is 0 Å². The van der Waals surface area contributed by atoms with Gasteiger partial charge in [0, 0.05) is 4.88 Å². The van der Waals surface area contributed by atoms with Gasteiger partial charge in [0.25, 0.3) is 5.56 Å². The van der Waals surface area contributed by atoms with Gasteiger partial charge in [-0.25, -0.2) is 4.98 Å². The van der Waals surface area contributed by atoms with Crippen molar-refractivity contribution in [2.24, 2.45) is 0 Å². The fraction of sp³-hybridized carbons (Fsp3) is 0.235. The van der Waals surface area contributed by atoms with Crippen LogP contribution in [0.15, 0.2) is 46.6 Å². The molecule has 3 rings (SSSR count). The summed E-state index contributed by atoms with van der Waals surface area (Å²) >= 11 is 1.62. The fourth-order valence-corrected chi connectivity index (χ4v) is 3.00. The van der Waals surface area contributed by atoms with E-state index in [0.29, 0.717) is 29.6 Å². The summed E-state index contributed by atoms with van der Waals surface area (Å²) < 4.78 is 5.37. The molecule has 2 aromatic heterocycles. The summed E-state index contributed by atoms with van der Waals surface area (Å²) in [5, 5.41) is 2.50. The normalized spacial score (nSPS) is 12.2. The van der Waals surface area contributed by atoms with Crippen molar-refractivity contribution in [3.63, 3.8) is 0 Å². The first-order valence-corrected chi connectivity index (χ1v) is 8.22. The Morgan fingerprint density at radius 2 is 2.13 bits per heavy atom. The van der Waals surface area contributed by atoms with Gasteiger partial charge in [0.15, 0.2) is 11.9 Å². The maximum atomic E-state index is 12.0. The van der Waals surface area contributed by atoms with E-state index in [1.807, 2.05) is 23.6 Å². The van der Waals surface area contributed by atoms with Crippen molar-refractivity contribution >= 4 is 28.2 Å². The highest BCUT2D eigenvalue weighted by Crippen LogP contribution is 2.16. The Labute approximate surface area is 137 Å². The lowest BCUT2D eigenvalue weighted by molar-refractivity contribution is -0.148. The fourth-order valence-electron chi connectivity index (χ4n) is 2.29. The molecular weight excluding hydrogens is 312 g/mol. The number of carbonyl (C=O) groups excluding carboxylic acids is 1. The number of hydrogen-bond acceptors (Lipinski definition) is 5. The maximum absolute atomic E-state index is 12.0. The van der Waals surface area contributed by atoms with E-state index in [1.54, 1.807) is 36.5 Å². The molecule has 3 aromatic rings. The number of aromatic nitrogens is 2. The van der Waals surface area contributed by atoms with Crippen molar-refractivity contribution in [3.05, 3.63) is 62.8 Å². The highest BCUT2D eigenvalue weighted by Gasteiger charge is 2.15. The summed E-state index contributed by atoms with van der Waals surface area (Å²) in [6.45, 7) is 1.70. The van der Waals surface area contributed by atoms with Gasteiger partial charge in [-0.05, 0) is 36.9 Å². The number of nitrogens with zero attached hydrogens (tertiary/aromatic N) is 1. The topological polar surface area (TPSA) is 72.0 Å². The average Bonchev–Trinajstić information content (AvgIpc) is 3.06. The van der Waals surface area contributed by atoms with Crippen molar-refractivity contribution in [1.82, 2.24) is 9.97 Å². The lowest BCUT2D eigenvalue weighted by atomic mass is 10.2. The van der Waals surface area contributed by atoms with Gasteiger partial charge >= 0.3 is 5.97 Å². The maximum Gasteiger partial charge on any atom is 0.306 e. The molecule has 0 saturated carbocycles. The molecule has 6 heteroatoms. The van der Waals surface area contributed by atoms with Gasteiger partial charge in [0.1, 0.15) is 0 Å². The van der Waals surface area contributed by atoms with Gasteiger partial charge in [-0.1, -0.05) is 18.2 Å². The van der Waals surface area contributed by atoms with Crippen LogP contribution in [0.4, 0.5) is 0 Å². The van der Waals surface area contributed by atoms with Gasteiger partial charge in [0.05, 0.1) is 17.3 Å². The van der Waals surface area contributed by atoms with Crippen molar-refractivity contribution in [2.45, 2.75) is 25.9 Å². The Morgan fingerprint density at radius 1 is 1.30 bits per heavy atom. The van der Waals surface area contributed by atoms with Gasteiger partial charge in [-0.2, -0.15) is 0 Å². The Balaban J connectivity index is 1.69. The summed E-state index contributed by atoms with van der Waals surface area (Å²) in [6.07, 6.45) is 0.372. The van der Waals surface area contributed by atoms with Gasteiger partial charge < -0.3 is 9.72 Å². The van der Waals surface area contributed by atoms with Crippen molar-refractivity contribution in [2.75, 3.05) is 0 Å². The first-order valence-electron chi connectivity index (χ1n) is 7.34. The van der Waals surface area contributed by atoms with Crippen molar-refractivity contribution in [3.8, 4) is 0 Å². The number of H-pyrrole nitrogens is 1. The Kier molecular flexibility index (Phi) is 4.52. The zero-order valence-electron chi connectivity index (χ0n) is 12.6. The lowest BCUT2D eigenvalue weighted by Crippen LogP contribution is -2.17. The zero-order valence-corrected chi connectivity index (χ0v) is 13.4. The van der Waals surface area contributed by atoms with Crippen LogP contribution in [-0.2, 0) is 16.0 Å². The minimum atomic E-state index is -0.594. The number of nitrogens with one attached hydrogen (secondary N) is 1. The molecule has 1 aromatic carbocycles. The predicted molar refractivity (Wildman–Crippen MR) is 89.5 cm³/mol. The monoisotopic (exact) mass is 328 g/mol. The number of benzene rings is 1. The molecule has 5 nitrogen and oxygen atoms in total. The average molecular weight is 328 g/mol. The summed E-state index contributed by atoms with van der Waals surface area (Å²) in [7, 11) is 0. The molecule has 0 spiro atoms. The molecule has 0 fully saturated rings. The summed E-state index contributed by atoms with van der Waals surface area (Å²) in [5.74, 6) is 0.0554. The summed E-state index contributed by atoms with van der Waals surface area (Å²) in [4.78, 5) is 32.2. The highest BCUT2D eigenvalue weighted by molar-refractivity contribution is 7.09. The van der Waals surface area contributed by atoms with Gasteiger partial charge in [-0.15, -0.1) is 11.3 Å². The molecule has 23 heavy (non-hydrogen) atoms. The van der Waals surface area contributed by atoms with Crippen molar-refractivity contribution in [1.29, 1.82) is 0 Å². The van der Waals surface area contributed by atoms with E-state index in [-0.39, 0.29) is 11.5 Å². The SMILES string of the molecule is CC(OC(=O)CCc1cccs1)c1nc2ccccc2c(=O)[nH]1. The van der Waals surface area contributed by atoms with Crippen LogP contribution in [0, 0.1) is 0 Å². The van der Waals surface area contributed by atoms with E-state index < -0.39 is 6.10 Å². The van der Waals surface area contributed by atoms with Crippen LogP contribution in [0.5, 0.6) is 0 Å². The van der Waals surface area contributed by atoms with Crippen molar-refractivity contribution < 1.29 is 9.53 Å². The number of para-hydroxylation sites is 1. The van der Waals surface area contributed by atoms with E-state index in [0.717, 1.165) is 4.88 Å². The standard InChI is InChI=1S/C17H16N2O3S/c1-11(22-15(20)9-8-12-5-4-10-23-12)16-18-14-7-3-2-6-13(14)17(21)19-16/h2-7,10-11H,8-9H2,1H3,(H,18,19,21). The number of thiophene rings is 1. The molecule has 0 aliphatic carbocycles. The van der Waals surface area contributed by atoms with E-state index in [4.69, 9.17) is 4.74 Å². The molecule has 1 unspecified atom stereocenters. The Hall–Kier alpha value is -2.47. The number of carbonyl (C=O) groups is 1. The third-order valence-corrected chi connectivity index (χ3v) is 4.42. The second kappa shape index (κ2) is 6.75. The minimum Gasteiger partial charge on any atom is -0.454 e. The summed E-state index contributed by atoms with van der Waals surface area (Å²) in [5.41, 5.74) is 0.361. The predicted octanol–water partition coefficient (Wildman–Crippen LogP) is 3.22. The number of rotatable bonds is 5. The van der Waals surface area contributed by atoms with Crippen LogP contribution >= 0.6 is 11.3 Å². The molecule has 0 saturated heterocycles. The third-order valence-electron chi connectivity index (χ3n) is 3.48. The lowest BCUT2D eigenvalue weighted by Gasteiger charge is -2.13. The van der Waals surface area contributed by atoms with Crippen LogP contribution in [0.2, 0.25) is 0 Å². The molecule has 2 heterocycles. The molecule has 1 N–H and O–H groups in total. The quantitative estimate of drug-likeness (QED) is 0.730. The number of esters is 1. The van der Waals surface area contributed by atoms with E-state index in [9.17, 15) is 9.59 Å². The highest BCUT2D eigenvalue weighted by atomic mass is 32.1. The number of ether oxygens (including phenoxy) is 1. The van der Waals surface area contributed by atoms with Crippen LogP contribution in [-0.4, -0.2) is 15.9 Å². The summed E-state index contributed by atoms with van der Waals surface area (Å²) in [6, 6.07) is 11.0. The molecule has 0 radical (unpaired) electrons. The largest absolute Gasteiger partial charge is 0.454 e. The van der Waals surface area contributed by atoms with Crippen LogP contribution < -0.4 is 5.56 Å². The molecule has 1 atom stereocenters. The van der Waals surface area contributed by atoms with Gasteiger partial charge in [-0.3, -0.25) is 9.59 Å².